The zero-order valence-corrected chi connectivity index (χ0v) is 22.9. The normalized spacial score (nSPS) is 15.5. The molecule has 0 aliphatic heterocycles. The molecule has 0 bridgehead atoms. The van der Waals surface area contributed by atoms with Crippen molar-refractivity contribution in [3.63, 3.8) is 0 Å². The Morgan fingerprint density at radius 2 is 1.05 bits per heavy atom. The molecule has 0 aliphatic carbocycles. The van der Waals surface area contributed by atoms with Gasteiger partial charge in [0.1, 0.15) is 12.5 Å². The van der Waals surface area contributed by atoms with Crippen molar-refractivity contribution in [1.82, 2.24) is 10.3 Å². The molecule has 0 fully saturated rings. The van der Waals surface area contributed by atoms with E-state index in [0.29, 0.717) is 22.6 Å². The van der Waals surface area contributed by atoms with Gasteiger partial charge < -0.3 is 9.05 Å². The number of benzene rings is 2. The first-order valence-electron chi connectivity index (χ1n) is 13.1. The third-order valence-corrected chi connectivity index (χ3v) is 9.24. The molecular weight excluding hydrogens is 500 g/mol. The van der Waals surface area contributed by atoms with Crippen LogP contribution in [0.4, 0.5) is 0 Å². The fourth-order valence-corrected chi connectivity index (χ4v) is 6.58. The second kappa shape index (κ2) is 12.4. The lowest BCUT2D eigenvalue weighted by molar-refractivity contribution is 0.410. The van der Waals surface area contributed by atoms with Crippen molar-refractivity contribution in [2.24, 2.45) is 0 Å². The van der Waals surface area contributed by atoms with Gasteiger partial charge in [0, 0.05) is 33.1 Å². The summed E-state index contributed by atoms with van der Waals surface area (Å²) in [5, 5.41) is 4.82. The Balaban J connectivity index is 1.28. The van der Waals surface area contributed by atoms with Gasteiger partial charge in [-0.15, -0.1) is 0 Å². The monoisotopic (exact) mass is 536 g/mol. The van der Waals surface area contributed by atoms with E-state index in [-0.39, 0.29) is 11.1 Å². The molecule has 2 aromatic heterocycles. The van der Waals surface area contributed by atoms with Gasteiger partial charge in [-0.05, 0) is 36.8 Å². The minimum Gasteiger partial charge on any atom is -0.387 e. The maximum atomic E-state index is 12.8. The van der Waals surface area contributed by atoms with Crippen LogP contribution in [0.25, 0.3) is 0 Å². The molecular formula is C30H36N2O5S. The van der Waals surface area contributed by atoms with Crippen molar-refractivity contribution in [2.45, 2.75) is 63.2 Å². The van der Waals surface area contributed by atoms with E-state index in [2.05, 4.69) is 24.2 Å². The summed E-state index contributed by atoms with van der Waals surface area (Å²) in [5.41, 5.74) is 1.98. The maximum absolute atomic E-state index is 12.8. The molecule has 202 valence electrons. The molecule has 7 nitrogen and oxygen atoms in total. The molecule has 0 spiro atoms. The van der Waals surface area contributed by atoms with E-state index in [1.54, 1.807) is 0 Å². The van der Waals surface area contributed by atoms with Gasteiger partial charge in [0.15, 0.2) is 0 Å². The number of rotatable bonds is 14. The van der Waals surface area contributed by atoms with Gasteiger partial charge in [-0.2, -0.15) is 10.3 Å². The summed E-state index contributed by atoms with van der Waals surface area (Å²) in [6, 6.07) is 20.0. The molecule has 0 amide bonds. The Labute approximate surface area is 225 Å². The third-order valence-electron chi connectivity index (χ3n) is 7.75. The van der Waals surface area contributed by atoms with Crippen LogP contribution in [0, 0.1) is 0 Å². The Morgan fingerprint density at radius 1 is 0.658 bits per heavy atom. The fourth-order valence-electron chi connectivity index (χ4n) is 5.33. The lowest BCUT2D eigenvalue weighted by Crippen LogP contribution is -2.29. The van der Waals surface area contributed by atoms with E-state index in [1.165, 1.54) is 12.5 Å². The molecule has 2 heterocycles. The Bertz CT molecular complexity index is 1310. The zero-order valence-electron chi connectivity index (χ0n) is 22.0. The summed E-state index contributed by atoms with van der Waals surface area (Å²) in [4.78, 5) is 24.7. The van der Waals surface area contributed by atoms with Crippen LogP contribution in [0.1, 0.15) is 74.6 Å². The van der Waals surface area contributed by atoms with Crippen molar-refractivity contribution in [3.8, 4) is 0 Å². The van der Waals surface area contributed by atoms with E-state index in [4.69, 9.17) is 9.05 Å². The molecule has 2 aromatic carbocycles. The third kappa shape index (κ3) is 6.18. The fraction of sp³-hybridized carbons (Fsp3) is 0.400. The van der Waals surface area contributed by atoms with Gasteiger partial charge in [0.2, 0.25) is 0 Å². The van der Waals surface area contributed by atoms with Gasteiger partial charge in [-0.25, -0.2) is 0 Å². The maximum Gasteiger partial charge on any atom is 0.283 e. The van der Waals surface area contributed by atoms with Gasteiger partial charge in [0.25, 0.3) is 11.1 Å². The minimum atomic E-state index is -0.921. The number of aromatic nitrogens is 2. The average Bonchev–Trinajstić information content (AvgIpc) is 3.58. The summed E-state index contributed by atoms with van der Waals surface area (Å²) >= 11 is 0. The molecule has 4 rings (SSSR count). The predicted octanol–water partition coefficient (Wildman–Crippen LogP) is 5.65. The smallest absolute Gasteiger partial charge is 0.283 e. The second-order valence-corrected chi connectivity index (χ2v) is 12.0. The highest BCUT2D eigenvalue weighted by Crippen LogP contribution is 2.36. The number of aromatic amines is 2. The SMILES string of the molecule is CC(CCCCS(=O)CCCCC(C)(c1ccccc1)c1co[nH]c1=O)(c1ccccc1)c1co[nH]c1=O. The number of hydrogen-bond donors (Lipinski definition) is 2. The number of hydrogen-bond acceptors (Lipinski definition) is 5. The molecule has 0 saturated heterocycles. The quantitative estimate of drug-likeness (QED) is 0.202. The van der Waals surface area contributed by atoms with Crippen molar-refractivity contribution in [3.05, 3.63) is 116 Å². The van der Waals surface area contributed by atoms with E-state index in [0.717, 1.165) is 49.7 Å². The molecule has 0 radical (unpaired) electrons. The predicted molar refractivity (Wildman–Crippen MR) is 150 cm³/mol. The van der Waals surface area contributed by atoms with Crippen LogP contribution < -0.4 is 11.1 Å². The number of unbranched alkanes of at least 4 members (excludes halogenated alkanes) is 2. The van der Waals surface area contributed by atoms with Gasteiger partial charge >= 0.3 is 0 Å². The first-order valence-corrected chi connectivity index (χ1v) is 14.6. The van der Waals surface area contributed by atoms with Crippen molar-refractivity contribution in [1.29, 1.82) is 0 Å². The van der Waals surface area contributed by atoms with Crippen LogP contribution in [0.3, 0.4) is 0 Å². The van der Waals surface area contributed by atoms with Crippen molar-refractivity contribution in [2.75, 3.05) is 11.5 Å². The highest BCUT2D eigenvalue weighted by atomic mass is 32.2. The van der Waals surface area contributed by atoms with Crippen LogP contribution in [-0.4, -0.2) is 26.0 Å². The topological polar surface area (TPSA) is 109 Å². The summed E-state index contributed by atoms with van der Waals surface area (Å²) in [7, 11) is -0.921. The van der Waals surface area contributed by atoms with E-state index < -0.39 is 21.6 Å². The highest BCUT2D eigenvalue weighted by molar-refractivity contribution is 7.84. The van der Waals surface area contributed by atoms with Crippen LogP contribution in [-0.2, 0) is 21.6 Å². The first-order chi connectivity index (χ1) is 18.3. The van der Waals surface area contributed by atoms with Crippen molar-refractivity contribution >= 4 is 10.8 Å². The van der Waals surface area contributed by atoms with Gasteiger partial charge in [-0.3, -0.25) is 13.8 Å². The Kier molecular flexibility index (Phi) is 9.05. The molecule has 4 aromatic rings. The van der Waals surface area contributed by atoms with E-state index in [1.807, 2.05) is 60.7 Å². The minimum absolute atomic E-state index is 0.208. The zero-order chi connectivity index (χ0) is 27.0. The number of nitrogens with one attached hydrogen (secondary N) is 2. The second-order valence-electron chi connectivity index (χ2n) is 10.3. The van der Waals surface area contributed by atoms with Gasteiger partial charge in [-0.1, -0.05) is 87.4 Å². The van der Waals surface area contributed by atoms with E-state index in [9.17, 15) is 13.8 Å². The molecule has 0 saturated carbocycles. The van der Waals surface area contributed by atoms with Crippen LogP contribution in [0.2, 0.25) is 0 Å². The summed E-state index contributed by atoms with van der Waals surface area (Å²) in [5.74, 6) is 1.26. The largest absolute Gasteiger partial charge is 0.387 e. The van der Waals surface area contributed by atoms with E-state index >= 15 is 0 Å². The van der Waals surface area contributed by atoms with Gasteiger partial charge in [0.05, 0.1) is 11.1 Å². The molecule has 2 N–H and O–H groups in total. The summed E-state index contributed by atoms with van der Waals surface area (Å²) in [6.45, 7) is 4.13. The molecule has 2 atom stereocenters. The highest BCUT2D eigenvalue weighted by Gasteiger charge is 2.33. The van der Waals surface area contributed by atoms with Crippen molar-refractivity contribution < 1.29 is 13.3 Å². The average molecular weight is 537 g/mol. The van der Waals surface area contributed by atoms with Crippen LogP contribution in [0.15, 0.2) is 91.8 Å². The number of H-pyrrole nitrogens is 2. The first kappa shape index (κ1) is 27.6. The molecule has 0 aliphatic rings. The Hall–Kier alpha value is -3.39. The molecule has 2 unspecified atom stereocenters. The van der Waals surface area contributed by atoms with Crippen LogP contribution in [0.5, 0.6) is 0 Å². The molecule has 8 heteroatoms. The Morgan fingerprint density at radius 3 is 1.39 bits per heavy atom. The lowest BCUT2D eigenvalue weighted by Gasteiger charge is -2.28. The lowest BCUT2D eigenvalue weighted by atomic mass is 9.74. The standard InChI is InChI=1S/C30H36N2O5S/c1-29(23-13-5-3-6-14-23,25-21-36-31-27(25)33)17-9-11-19-38(35)20-12-10-18-30(2,24-15-7-4-8-16-24)26-22-37-32-28(26)34/h3-8,13-16,21-22H,9-12,17-20H2,1-2H3,(H,31,33)(H,32,34). The summed E-state index contributed by atoms with van der Waals surface area (Å²) < 4.78 is 22.9. The van der Waals surface area contributed by atoms with Crippen LogP contribution >= 0.6 is 0 Å². The molecule has 38 heavy (non-hydrogen) atoms. The summed E-state index contributed by atoms with van der Waals surface area (Å²) in [6.07, 6.45) is 7.85.